The summed E-state index contributed by atoms with van der Waals surface area (Å²) in [5.74, 6) is 0.858. The highest BCUT2D eigenvalue weighted by atomic mass is 79.9. The number of nitrogens with one attached hydrogen (secondary N) is 1. The molecule has 5 heteroatoms. The van der Waals surface area contributed by atoms with Crippen LogP contribution in [0.25, 0.3) is 11.3 Å². The average Bonchev–Trinajstić information content (AvgIpc) is 3.20. The Balaban J connectivity index is 0.000000198. The number of hydrogen-bond donors (Lipinski definition) is 2. The van der Waals surface area contributed by atoms with Crippen LogP contribution in [0.3, 0.4) is 0 Å². The van der Waals surface area contributed by atoms with Gasteiger partial charge in [0.1, 0.15) is 5.75 Å². The molecule has 0 aliphatic heterocycles. The van der Waals surface area contributed by atoms with E-state index < -0.39 is 0 Å². The van der Waals surface area contributed by atoms with Gasteiger partial charge in [-0.3, -0.25) is 0 Å². The number of hydrogen-bond acceptors (Lipinski definition) is 3. The number of phenolic OH excluding ortho intramolecular Hbond substituents is 1. The maximum absolute atomic E-state index is 9.80. The van der Waals surface area contributed by atoms with Gasteiger partial charge in [0.25, 0.3) is 0 Å². The number of allylic oxidation sites excluding steroid dienone is 4. The first-order valence-electron chi connectivity index (χ1n) is 12.2. The van der Waals surface area contributed by atoms with Gasteiger partial charge in [0.15, 0.2) is 0 Å². The lowest BCUT2D eigenvalue weighted by Crippen LogP contribution is -2.25. The average molecular weight is 535 g/mol. The minimum atomic E-state index is 0.231. The van der Waals surface area contributed by atoms with Crippen molar-refractivity contribution in [2.45, 2.75) is 46.5 Å². The van der Waals surface area contributed by atoms with Crippen LogP contribution in [0.5, 0.6) is 5.75 Å². The summed E-state index contributed by atoms with van der Waals surface area (Å²) in [5, 5.41) is 17.5. The van der Waals surface area contributed by atoms with Crippen molar-refractivity contribution in [1.29, 1.82) is 0 Å². The standard InChI is InChI=1S/C15H15BrN2O.C15H21N/c1-10(13-6-4-5-7-15(13)19)8-11(2)18-12(3)14(16)9-17-18;1-3-10-16-12(2)14-9-8-13-6-4-5-7-15(13)11-14/h4-9,19H,1H2,2-3H3;4-7,14,16H,2-3,8-11H2,1H3/b11-8-;. The molecule has 184 valence electrons. The first-order valence-corrected chi connectivity index (χ1v) is 13.0. The van der Waals surface area contributed by atoms with Gasteiger partial charge in [-0.2, -0.15) is 5.10 Å². The second-order valence-electron chi connectivity index (χ2n) is 8.98. The number of fused-ring (bicyclic) bond motifs is 1. The fourth-order valence-corrected chi connectivity index (χ4v) is 4.57. The molecule has 0 spiro atoms. The predicted molar refractivity (Wildman–Crippen MR) is 151 cm³/mol. The highest BCUT2D eigenvalue weighted by Gasteiger charge is 2.20. The van der Waals surface area contributed by atoms with E-state index in [4.69, 9.17) is 0 Å². The quantitative estimate of drug-likeness (QED) is 0.308. The van der Waals surface area contributed by atoms with Crippen molar-refractivity contribution in [3.8, 4) is 5.75 Å². The zero-order valence-corrected chi connectivity index (χ0v) is 22.6. The largest absolute Gasteiger partial charge is 0.507 e. The zero-order valence-electron chi connectivity index (χ0n) is 21.0. The molecule has 1 aromatic heterocycles. The molecular formula is C30H36BrN3O. The molecule has 1 aliphatic carbocycles. The van der Waals surface area contributed by atoms with Crippen LogP contribution in [-0.4, -0.2) is 21.4 Å². The summed E-state index contributed by atoms with van der Waals surface area (Å²) in [6.45, 7) is 15.4. The number of aromatic hydroxyl groups is 1. The molecule has 0 radical (unpaired) electrons. The summed E-state index contributed by atoms with van der Waals surface area (Å²) < 4.78 is 2.79. The molecule has 1 heterocycles. The molecule has 1 unspecified atom stereocenters. The lowest BCUT2D eigenvalue weighted by Gasteiger charge is -2.26. The predicted octanol–water partition coefficient (Wildman–Crippen LogP) is 7.54. The van der Waals surface area contributed by atoms with Gasteiger partial charge < -0.3 is 10.4 Å². The van der Waals surface area contributed by atoms with Crippen LogP contribution in [0.1, 0.15) is 49.1 Å². The van der Waals surface area contributed by atoms with Gasteiger partial charge >= 0.3 is 0 Å². The van der Waals surface area contributed by atoms with Crippen LogP contribution in [-0.2, 0) is 12.8 Å². The Labute approximate surface area is 218 Å². The van der Waals surface area contributed by atoms with Gasteiger partial charge in [-0.25, -0.2) is 4.68 Å². The van der Waals surface area contributed by atoms with Crippen LogP contribution < -0.4 is 5.32 Å². The molecule has 3 aromatic rings. The molecule has 0 bridgehead atoms. The molecule has 4 rings (SSSR count). The molecule has 35 heavy (non-hydrogen) atoms. The first-order chi connectivity index (χ1) is 16.8. The van der Waals surface area contributed by atoms with Crippen molar-refractivity contribution in [2.75, 3.05) is 6.54 Å². The zero-order chi connectivity index (χ0) is 25.4. The van der Waals surface area contributed by atoms with E-state index in [1.807, 2.05) is 36.7 Å². The second-order valence-corrected chi connectivity index (χ2v) is 9.83. The number of para-hydroxylation sites is 1. The van der Waals surface area contributed by atoms with E-state index in [2.05, 4.69) is 70.7 Å². The third kappa shape index (κ3) is 6.98. The first kappa shape index (κ1) is 26.6. The Hall–Kier alpha value is -3.05. The van der Waals surface area contributed by atoms with Gasteiger partial charge in [-0.1, -0.05) is 62.5 Å². The number of aromatic nitrogens is 2. The number of nitrogens with zero attached hydrogens (tertiary/aromatic N) is 2. The summed E-state index contributed by atoms with van der Waals surface area (Å²) in [5.41, 5.74) is 7.72. The van der Waals surface area contributed by atoms with E-state index in [1.54, 1.807) is 18.3 Å². The fourth-order valence-electron chi connectivity index (χ4n) is 4.31. The van der Waals surface area contributed by atoms with Crippen molar-refractivity contribution in [3.63, 3.8) is 0 Å². The SMILES string of the molecule is C=C(/C=C(/C)n1ncc(Br)c1C)c1ccccc1O.C=C(NCCC)C1CCc2ccccc2C1. The van der Waals surface area contributed by atoms with E-state index in [1.165, 1.54) is 36.1 Å². The second kappa shape index (κ2) is 12.6. The summed E-state index contributed by atoms with van der Waals surface area (Å²) >= 11 is 3.43. The van der Waals surface area contributed by atoms with E-state index in [-0.39, 0.29) is 5.75 Å². The number of benzene rings is 2. The molecule has 4 nitrogen and oxygen atoms in total. The Morgan fingerprint density at radius 2 is 1.86 bits per heavy atom. The highest BCUT2D eigenvalue weighted by molar-refractivity contribution is 9.10. The van der Waals surface area contributed by atoms with Crippen LogP contribution in [0.4, 0.5) is 0 Å². The van der Waals surface area contributed by atoms with Crippen molar-refractivity contribution >= 4 is 27.2 Å². The minimum absolute atomic E-state index is 0.231. The summed E-state index contributed by atoms with van der Waals surface area (Å²) in [6.07, 6.45) is 8.44. The number of halogens is 1. The lowest BCUT2D eigenvalue weighted by atomic mass is 9.82. The Morgan fingerprint density at radius 1 is 1.17 bits per heavy atom. The minimum Gasteiger partial charge on any atom is -0.507 e. The van der Waals surface area contributed by atoms with Crippen molar-refractivity contribution < 1.29 is 5.11 Å². The number of aryl methyl sites for hydroxylation is 1. The van der Waals surface area contributed by atoms with Crippen LogP contribution >= 0.6 is 15.9 Å². The molecule has 0 fully saturated rings. The molecule has 1 aliphatic rings. The van der Waals surface area contributed by atoms with E-state index in [9.17, 15) is 5.11 Å². The van der Waals surface area contributed by atoms with Crippen LogP contribution in [0.15, 0.2) is 84.1 Å². The molecule has 0 amide bonds. The van der Waals surface area contributed by atoms with Crippen molar-refractivity contribution in [1.82, 2.24) is 15.1 Å². The number of phenols is 1. The molecule has 2 N–H and O–H groups in total. The summed E-state index contributed by atoms with van der Waals surface area (Å²) in [6, 6.07) is 16.0. The van der Waals surface area contributed by atoms with E-state index in [0.29, 0.717) is 5.92 Å². The smallest absolute Gasteiger partial charge is 0.123 e. The van der Waals surface area contributed by atoms with Gasteiger partial charge in [0.2, 0.25) is 0 Å². The van der Waals surface area contributed by atoms with Crippen molar-refractivity contribution in [3.05, 3.63) is 107 Å². The highest BCUT2D eigenvalue weighted by Crippen LogP contribution is 2.29. The molecule has 1 atom stereocenters. The monoisotopic (exact) mass is 533 g/mol. The third-order valence-electron chi connectivity index (χ3n) is 6.36. The maximum atomic E-state index is 9.80. The molecule has 2 aromatic carbocycles. The van der Waals surface area contributed by atoms with Gasteiger partial charge in [-0.05, 0) is 84.3 Å². The molecule has 0 saturated heterocycles. The third-order valence-corrected chi connectivity index (χ3v) is 7.14. The Bertz CT molecular complexity index is 1210. The van der Waals surface area contributed by atoms with E-state index >= 15 is 0 Å². The van der Waals surface area contributed by atoms with Crippen LogP contribution in [0.2, 0.25) is 0 Å². The Kier molecular flexibility index (Phi) is 9.55. The lowest BCUT2D eigenvalue weighted by molar-refractivity contribution is 0.474. The Morgan fingerprint density at radius 3 is 2.51 bits per heavy atom. The van der Waals surface area contributed by atoms with Gasteiger partial charge in [0.05, 0.1) is 16.4 Å². The maximum Gasteiger partial charge on any atom is 0.123 e. The topological polar surface area (TPSA) is 50.1 Å². The summed E-state index contributed by atoms with van der Waals surface area (Å²) in [4.78, 5) is 0. The summed E-state index contributed by atoms with van der Waals surface area (Å²) in [7, 11) is 0. The fraction of sp³-hybridized carbons (Fsp3) is 0.300. The van der Waals surface area contributed by atoms with Gasteiger partial charge in [0, 0.05) is 29.4 Å². The normalized spacial score (nSPS) is 15.0. The molecule has 0 saturated carbocycles. The number of rotatable bonds is 7. The molecular weight excluding hydrogens is 498 g/mol. The van der Waals surface area contributed by atoms with Gasteiger partial charge in [-0.15, -0.1) is 0 Å². The van der Waals surface area contributed by atoms with Crippen LogP contribution in [0, 0.1) is 12.8 Å². The van der Waals surface area contributed by atoms with E-state index in [0.717, 1.165) is 40.0 Å². The van der Waals surface area contributed by atoms with Crippen molar-refractivity contribution in [2.24, 2.45) is 5.92 Å².